The van der Waals surface area contributed by atoms with Crippen molar-refractivity contribution < 1.29 is 4.74 Å². The van der Waals surface area contributed by atoms with E-state index in [0.717, 1.165) is 11.1 Å². The number of ether oxygens (including phenoxy) is 1. The van der Waals surface area contributed by atoms with Gasteiger partial charge in [-0.3, -0.25) is 0 Å². The molecule has 0 saturated heterocycles. The summed E-state index contributed by atoms with van der Waals surface area (Å²) in [4.78, 5) is 7.90. The number of aromatic nitrogens is 2. The van der Waals surface area contributed by atoms with Crippen LogP contribution in [-0.4, -0.2) is 9.97 Å². The molecule has 2 aromatic carbocycles. The zero-order valence-corrected chi connectivity index (χ0v) is 13.2. The molecule has 0 N–H and O–H groups in total. The highest BCUT2D eigenvalue weighted by Crippen LogP contribution is 2.29. The molecule has 0 saturated carbocycles. The maximum Gasteiger partial charge on any atom is 0.237 e. The van der Waals surface area contributed by atoms with Crippen LogP contribution in [0, 0.1) is 0 Å². The third-order valence-electron chi connectivity index (χ3n) is 2.86. The normalized spacial score (nSPS) is 10.4. The Hall–Kier alpha value is -1.91. The summed E-state index contributed by atoms with van der Waals surface area (Å²) >= 11 is 9.10. The lowest BCUT2D eigenvalue weighted by molar-refractivity contribution is 0.458. The zero-order valence-electron chi connectivity index (χ0n) is 10.8. The van der Waals surface area contributed by atoms with Gasteiger partial charge in [0.15, 0.2) is 0 Å². The van der Waals surface area contributed by atoms with E-state index in [4.69, 9.17) is 16.3 Å². The Labute approximate surface area is 135 Å². The van der Waals surface area contributed by atoms with E-state index in [2.05, 4.69) is 38.0 Å². The monoisotopic (exact) mass is 360 g/mol. The number of hydrogen-bond acceptors (Lipinski definition) is 3. The van der Waals surface area contributed by atoms with Crippen LogP contribution in [-0.2, 0) is 0 Å². The minimum absolute atomic E-state index is 0.147. The van der Waals surface area contributed by atoms with Crippen molar-refractivity contribution in [3.8, 4) is 22.8 Å². The molecular formula is C16H10BrClN2O. The van der Waals surface area contributed by atoms with Crippen LogP contribution in [0.25, 0.3) is 11.1 Å². The van der Waals surface area contributed by atoms with Gasteiger partial charge in [0.05, 0.1) is 4.47 Å². The molecule has 0 fully saturated rings. The molecular weight excluding hydrogens is 352 g/mol. The predicted octanol–water partition coefficient (Wildman–Crippen LogP) is 5.35. The lowest BCUT2D eigenvalue weighted by Crippen LogP contribution is -1.91. The third-order valence-corrected chi connectivity index (χ3v) is 3.58. The molecule has 104 valence electrons. The molecule has 0 atom stereocenters. The van der Waals surface area contributed by atoms with E-state index in [1.165, 1.54) is 0 Å². The van der Waals surface area contributed by atoms with Gasteiger partial charge in [-0.2, -0.15) is 4.98 Å². The second kappa shape index (κ2) is 6.24. The summed E-state index contributed by atoms with van der Waals surface area (Å²) in [7, 11) is 0. The van der Waals surface area contributed by atoms with Gasteiger partial charge in [-0.1, -0.05) is 42.5 Å². The number of nitrogens with zero attached hydrogens (tertiary/aromatic N) is 2. The van der Waals surface area contributed by atoms with E-state index in [9.17, 15) is 0 Å². The Balaban J connectivity index is 1.83. The first kappa shape index (κ1) is 14.0. The molecule has 21 heavy (non-hydrogen) atoms. The number of hydrogen-bond donors (Lipinski definition) is 0. The number of benzene rings is 2. The topological polar surface area (TPSA) is 35.0 Å². The molecule has 0 unspecified atom stereocenters. The Kier molecular flexibility index (Phi) is 4.18. The molecule has 0 radical (unpaired) electrons. The molecule has 1 heterocycles. The van der Waals surface area contributed by atoms with Crippen LogP contribution in [0.4, 0.5) is 0 Å². The fourth-order valence-corrected chi connectivity index (χ4v) is 2.26. The summed E-state index contributed by atoms with van der Waals surface area (Å²) in [5.74, 6) is 1.08. The molecule has 5 heteroatoms. The van der Waals surface area contributed by atoms with Crippen molar-refractivity contribution in [2.24, 2.45) is 0 Å². The molecule has 0 bridgehead atoms. The average Bonchev–Trinajstić information content (AvgIpc) is 2.53. The molecule has 3 rings (SSSR count). The lowest BCUT2D eigenvalue weighted by Gasteiger charge is -2.07. The molecule has 0 aliphatic rings. The zero-order chi connectivity index (χ0) is 14.7. The first-order valence-corrected chi connectivity index (χ1v) is 7.41. The molecule has 0 spiro atoms. The van der Waals surface area contributed by atoms with Crippen LogP contribution in [0.15, 0.2) is 65.3 Å². The van der Waals surface area contributed by atoms with Crippen molar-refractivity contribution in [1.82, 2.24) is 9.97 Å². The van der Waals surface area contributed by atoms with Gasteiger partial charge in [0.25, 0.3) is 0 Å². The van der Waals surface area contributed by atoms with E-state index in [1.54, 1.807) is 6.20 Å². The highest BCUT2D eigenvalue weighted by molar-refractivity contribution is 9.10. The lowest BCUT2D eigenvalue weighted by atomic mass is 10.1. The van der Waals surface area contributed by atoms with Crippen molar-refractivity contribution in [2.45, 2.75) is 0 Å². The van der Waals surface area contributed by atoms with Gasteiger partial charge in [-0.15, -0.1) is 0 Å². The summed E-state index contributed by atoms with van der Waals surface area (Å²) in [6, 6.07) is 17.9. The minimum Gasteiger partial charge on any atom is -0.438 e. The van der Waals surface area contributed by atoms with Gasteiger partial charge in [-0.05, 0) is 50.8 Å². The maximum atomic E-state index is 5.77. The highest BCUT2D eigenvalue weighted by Gasteiger charge is 2.07. The third kappa shape index (κ3) is 3.40. The largest absolute Gasteiger partial charge is 0.438 e. The molecule has 1 aromatic heterocycles. The maximum absolute atomic E-state index is 5.77. The Morgan fingerprint density at radius 2 is 1.57 bits per heavy atom. The first-order chi connectivity index (χ1) is 10.2. The van der Waals surface area contributed by atoms with E-state index < -0.39 is 0 Å². The molecule has 0 aliphatic carbocycles. The summed E-state index contributed by atoms with van der Waals surface area (Å²) < 4.78 is 6.35. The second-order valence-corrected chi connectivity index (χ2v) is 5.48. The summed E-state index contributed by atoms with van der Waals surface area (Å²) in [6.45, 7) is 0. The van der Waals surface area contributed by atoms with E-state index in [-0.39, 0.29) is 5.28 Å². The second-order valence-electron chi connectivity index (χ2n) is 4.28. The fraction of sp³-hybridized carbons (Fsp3) is 0. The molecule has 3 nitrogen and oxygen atoms in total. The molecule has 3 aromatic rings. The van der Waals surface area contributed by atoms with E-state index >= 15 is 0 Å². The van der Waals surface area contributed by atoms with Crippen LogP contribution in [0.5, 0.6) is 11.6 Å². The van der Waals surface area contributed by atoms with Crippen LogP contribution in [0.2, 0.25) is 5.28 Å². The van der Waals surface area contributed by atoms with Gasteiger partial charge in [-0.25, -0.2) is 4.98 Å². The summed E-state index contributed by atoms with van der Waals surface area (Å²) in [6.07, 6.45) is 1.56. The highest BCUT2D eigenvalue weighted by atomic mass is 79.9. The van der Waals surface area contributed by atoms with Crippen LogP contribution in [0.3, 0.4) is 0 Å². The van der Waals surface area contributed by atoms with Crippen LogP contribution in [0.1, 0.15) is 0 Å². The minimum atomic E-state index is 0.147. The SMILES string of the molecule is Clc1ncc(Br)c(Oc2ccc(-c3ccccc3)cc2)n1. The predicted molar refractivity (Wildman–Crippen MR) is 86.7 cm³/mol. The van der Waals surface area contributed by atoms with Crippen molar-refractivity contribution in [2.75, 3.05) is 0 Å². The van der Waals surface area contributed by atoms with Crippen molar-refractivity contribution in [3.05, 3.63) is 70.6 Å². The fourth-order valence-electron chi connectivity index (χ4n) is 1.86. The van der Waals surface area contributed by atoms with E-state index in [0.29, 0.717) is 16.1 Å². The van der Waals surface area contributed by atoms with Crippen LogP contribution >= 0.6 is 27.5 Å². The van der Waals surface area contributed by atoms with Gasteiger partial charge in [0, 0.05) is 6.20 Å². The van der Waals surface area contributed by atoms with Crippen molar-refractivity contribution in [1.29, 1.82) is 0 Å². The van der Waals surface area contributed by atoms with Crippen LogP contribution < -0.4 is 4.74 Å². The Morgan fingerprint density at radius 3 is 2.29 bits per heavy atom. The van der Waals surface area contributed by atoms with Gasteiger partial charge in [0.2, 0.25) is 11.2 Å². The van der Waals surface area contributed by atoms with Gasteiger partial charge in [0.1, 0.15) is 5.75 Å². The first-order valence-electron chi connectivity index (χ1n) is 6.24. The average molecular weight is 362 g/mol. The number of rotatable bonds is 3. The quantitative estimate of drug-likeness (QED) is 0.590. The van der Waals surface area contributed by atoms with Gasteiger partial charge < -0.3 is 4.74 Å². The standard InChI is InChI=1S/C16H10BrClN2O/c17-14-10-19-16(18)20-15(14)21-13-8-6-12(7-9-13)11-4-2-1-3-5-11/h1-10H. The molecule has 0 aliphatic heterocycles. The van der Waals surface area contributed by atoms with E-state index in [1.807, 2.05) is 42.5 Å². The number of halogens is 2. The summed E-state index contributed by atoms with van der Waals surface area (Å²) in [5.41, 5.74) is 2.29. The summed E-state index contributed by atoms with van der Waals surface area (Å²) in [5, 5.41) is 0.147. The van der Waals surface area contributed by atoms with Crippen molar-refractivity contribution in [3.63, 3.8) is 0 Å². The van der Waals surface area contributed by atoms with Gasteiger partial charge >= 0.3 is 0 Å². The smallest absolute Gasteiger partial charge is 0.237 e. The van der Waals surface area contributed by atoms with Crippen molar-refractivity contribution >= 4 is 27.5 Å². The Bertz CT molecular complexity index is 748. The Morgan fingerprint density at radius 1 is 0.905 bits per heavy atom. The molecule has 0 amide bonds.